The summed E-state index contributed by atoms with van der Waals surface area (Å²) in [6.45, 7) is 1.59. The first-order valence-corrected chi connectivity index (χ1v) is 8.36. The van der Waals surface area contributed by atoms with Crippen LogP contribution in [0.4, 0.5) is 14.5 Å². The Bertz CT molecular complexity index is 894. The van der Waals surface area contributed by atoms with Crippen molar-refractivity contribution in [2.75, 3.05) is 5.32 Å². The number of rotatable bonds is 7. The van der Waals surface area contributed by atoms with E-state index in [0.717, 1.165) is 0 Å². The second-order valence-electron chi connectivity index (χ2n) is 6.21. The van der Waals surface area contributed by atoms with Crippen LogP contribution in [0.25, 0.3) is 0 Å². The molecule has 0 aliphatic carbocycles. The zero-order valence-electron chi connectivity index (χ0n) is 15.5. The minimum Gasteiger partial charge on any atom is -0.480 e. The minimum atomic E-state index is -2.78. The molecule has 1 atom stereocenters. The summed E-state index contributed by atoms with van der Waals surface area (Å²) in [4.78, 5) is 34.9. The lowest BCUT2D eigenvalue weighted by Gasteiger charge is -2.10. The van der Waals surface area contributed by atoms with E-state index in [4.69, 9.17) is 5.11 Å². The molecule has 0 radical (unpaired) electrons. The van der Waals surface area contributed by atoms with E-state index in [-0.39, 0.29) is 17.7 Å². The number of carboxylic acids is 1. The molecule has 1 unspecified atom stereocenters. The van der Waals surface area contributed by atoms with Crippen LogP contribution in [0, 0.1) is 13.8 Å². The van der Waals surface area contributed by atoms with E-state index in [1.165, 1.54) is 38.1 Å². The quantitative estimate of drug-likeness (QED) is 0.667. The van der Waals surface area contributed by atoms with Crippen molar-refractivity contribution in [2.45, 2.75) is 39.8 Å². The predicted octanol–water partition coefficient (Wildman–Crippen LogP) is 2.28. The van der Waals surface area contributed by atoms with Gasteiger partial charge in [-0.3, -0.25) is 14.4 Å². The average Bonchev–Trinajstić information content (AvgIpc) is 2.90. The fourth-order valence-electron chi connectivity index (χ4n) is 2.56. The summed E-state index contributed by atoms with van der Waals surface area (Å²) in [5.74, 6) is -2.13. The van der Waals surface area contributed by atoms with Gasteiger partial charge in [0.1, 0.15) is 6.04 Å². The van der Waals surface area contributed by atoms with E-state index < -0.39 is 30.4 Å². The second kappa shape index (κ2) is 8.59. The van der Waals surface area contributed by atoms with Gasteiger partial charge in [0, 0.05) is 22.5 Å². The molecule has 28 heavy (non-hydrogen) atoms. The van der Waals surface area contributed by atoms with Gasteiger partial charge in [0.25, 0.3) is 5.91 Å². The summed E-state index contributed by atoms with van der Waals surface area (Å²) in [6, 6.07) is 4.81. The van der Waals surface area contributed by atoms with Crippen LogP contribution in [0.15, 0.2) is 24.3 Å². The van der Waals surface area contributed by atoms with Crippen molar-refractivity contribution < 1.29 is 28.3 Å². The number of halogens is 2. The number of benzene rings is 1. The Morgan fingerprint density at radius 2 is 1.79 bits per heavy atom. The lowest BCUT2D eigenvalue weighted by molar-refractivity contribution is -0.138. The molecule has 0 spiro atoms. The number of amides is 2. The average molecular weight is 394 g/mol. The molecule has 1 heterocycles. The first kappa shape index (κ1) is 21.0. The topological polar surface area (TPSA) is 113 Å². The number of hydrogen-bond donors (Lipinski definition) is 3. The minimum absolute atomic E-state index is 0.122. The molecule has 0 aliphatic rings. The number of carbonyl (C=O) groups is 3. The molecule has 3 N–H and O–H groups in total. The molecule has 0 saturated heterocycles. The van der Waals surface area contributed by atoms with Crippen molar-refractivity contribution in [3.05, 3.63) is 46.8 Å². The van der Waals surface area contributed by atoms with Gasteiger partial charge in [-0.15, -0.1) is 0 Å². The number of alkyl halides is 2. The molecule has 8 nitrogen and oxygen atoms in total. The fourth-order valence-corrected chi connectivity index (χ4v) is 2.56. The van der Waals surface area contributed by atoms with Gasteiger partial charge in [-0.1, -0.05) is 0 Å². The van der Waals surface area contributed by atoms with Crippen molar-refractivity contribution in [2.24, 2.45) is 0 Å². The molecule has 150 valence electrons. The normalized spacial score (nSPS) is 11.9. The highest BCUT2D eigenvalue weighted by Gasteiger charge is 2.19. The van der Waals surface area contributed by atoms with Crippen LogP contribution in [0.3, 0.4) is 0 Å². The summed E-state index contributed by atoms with van der Waals surface area (Å²) in [6.07, 6.45) is -0.122. The molecule has 2 rings (SSSR count). The lowest BCUT2D eigenvalue weighted by atomic mass is 10.1. The van der Waals surface area contributed by atoms with E-state index in [1.807, 2.05) is 0 Å². The van der Waals surface area contributed by atoms with Crippen LogP contribution in [0.2, 0.25) is 0 Å². The van der Waals surface area contributed by atoms with Crippen molar-refractivity contribution >= 4 is 23.5 Å². The Morgan fingerprint density at radius 3 is 2.29 bits per heavy atom. The molecule has 0 bridgehead atoms. The molecule has 1 aromatic carbocycles. The lowest BCUT2D eigenvalue weighted by Crippen LogP contribution is -2.38. The third-order valence-corrected chi connectivity index (χ3v) is 4.15. The van der Waals surface area contributed by atoms with Gasteiger partial charge >= 0.3 is 12.5 Å². The molecule has 2 aromatic rings. The van der Waals surface area contributed by atoms with Gasteiger partial charge in [0.05, 0.1) is 12.1 Å². The van der Waals surface area contributed by atoms with Crippen molar-refractivity contribution in [3.63, 3.8) is 0 Å². The van der Waals surface area contributed by atoms with Gasteiger partial charge in [-0.25, -0.2) is 4.68 Å². The number of nitrogens with one attached hydrogen (secondary N) is 2. The molecule has 1 aromatic heterocycles. The molecule has 10 heteroatoms. The predicted molar refractivity (Wildman–Crippen MR) is 96.3 cm³/mol. The number of anilines is 1. The third-order valence-electron chi connectivity index (χ3n) is 4.15. The number of aromatic nitrogens is 2. The van der Waals surface area contributed by atoms with Crippen molar-refractivity contribution in [1.29, 1.82) is 0 Å². The van der Waals surface area contributed by atoms with Gasteiger partial charge in [0.2, 0.25) is 5.91 Å². The second-order valence-corrected chi connectivity index (χ2v) is 6.21. The third kappa shape index (κ3) is 4.90. The van der Waals surface area contributed by atoms with Crippen LogP contribution in [-0.2, 0) is 16.0 Å². The highest BCUT2D eigenvalue weighted by molar-refractivity contribution is 5.97. The van der Waals surface area contributed by atoms with Crippen LogP contribution in [0.5, 0.6) is 0 Å². The Hall–Kier alpha value is -3.30. The summed E-state index contributed by atoms with van der Waals surface area (Å²) >= 11 is 0. The molecule has 0 saturated carbocycles. The number of nitrogens with zero attached hydrogens (tertiary/aromatic N) is 2. The first-order chi connectivity index (χ1) is 13.1. The SMILES string of the molecule is Cc1nn(C(F)F)c(C)c1CC(=O)Nc1ccc(C(=O)NC(C)C(=O)O)cc1. The van der Waals surface area contributed by atoms with E-state index >= 15 is 0 Å². The first-order valence-electron chi connectivity index (χ1n) is 8.36. The molecular formula is C18H20F2N4O4. The summed E-state index contributed by atoms with van der Waals surface area (Å²) in [5, 5.41) is 17.5. The van der Waals surface area contributed by atoms with Gasteiger partial charge < -0.3 is 15.7 Å². The Kier molecular flexibility index (Phi) is 6.45. The Labute approximate surface area is 159 Å². The zero-order valence-corrected chi connectivity index (χ0v) is 15.5. The molecular weight excluding hydrogens is 374 g/mol. The van der Waals surface area contributed by atoms with E-state index in [0.29, 0.717) is 21.6 Å². The standard InChI is InChI=1S/C18H20F2N4O4/c1-9-14(11(3)24(23-9)18(19)20)8-15(25)22-13-6-4-12(5-7-13)16(26)21-10(2)17(27)28/h4-7,10,18H,8H2,1-3H3,(H,21,26)(H,22,25)(H,27,28). The number of carbonyl (C=O) groups excluding carboxylic acids is 2. The number of carboxylic acid groups (broad SMARTS) is 1. The fraction of sp³-hybridized carbons (Fsp3) is 0.333. The van der Waals surface area contributed by atoms with Gasteiger partial charge in [-0.05, 0) is 45.0 Å². The molecule has 0 fully saturated rings. The molecule has 0 aliphatic heterocycles. The van der Waals surface area contributed by atoms with Crippen LogP contribution < -0.4 is 10.6 Å². The van der Waals surface area contributed by atoms with Crippen molar-refractivity contribution in [1.82, 2.24) is 15.1 Å². The van der Waals surface area contributed by atoms with Gasteiger partial charge in [-0.2, -0.15) is 13.9 Å². The van der Waals surface area contributed by atoms with Crippen molar-refractivity contribution in [3.8, 4) is 0 Å². The van der Waals surface area contributed by atoms with E-state index in [9.17, 15) is 23.2 Å². The highest BCUT2D eigenvalue weighted by Crippen LogP contribution is 2.20. The monoisotopic (exact) mass is 394 g/mol. The molecule has 2 amide bonds. The zero-order chi connectivity index (χ0) is 21.0. The summed E-state index contributed by atoms with van der Waals surface area (Å²) < 4.78 is 26.3. The van der Waals surface area contributed by atoms with E-state index in [2.05, 4.69) is 15.7 Å². The highest BCUT2D eigenvalue weighted by atomic mass is 19.3. The largest absolute Gasteiger partial charge is 0.480 e. The summed E-state index contributed by atoms with van der Waals surface area (Å²) in [7, 11) is 0. The van der Waals surface area contributed by atoms with Crippen LogP contribution in [-0.4, -0.2) is 38.7 Å². The maximum absolute atomic E-state index is 12.9. The smallest absolute Gasteiger partial charge is 0.333 e. The Balaban J connectivity index is 2.02. The number of hydrogen-bond acceptors (Lipinski definition) is 4. The number of aliphatic carboxylic acids is 1. The number of aryl methyl sites for hydroxylation is 1. The van der Waals surface area contributed by atoms with Gasteiger partial charge in [0.15, 0.2) is 0 Å². The summed E-state index contributed by atoms with van der Waals surface area (Å²) in [5.41, 5.74) is 1.64. The Morgan fingerprint density at radius 1 is 1.18 bits per heavy atom. The maximum atomic E-state index is 12.9. The van der Waals surface area contributed by atoms with E-state index in [1.54, 1.807) is 6.92 Å². The maximum Gasteiger partial charge on any atom is 0.333 e. The van der Waals surface area contributed by atoms with Crippen LogP contribution >= 0.6 is 0 Å². The van der Waals surface area contributed by atoms with Crippen LogP contribution in [0.1, 0.15) is 40.8 Å².